The van der Waals surface area contributed by atoms with Crippen LogP contribution in [0.4, 0.5) is 0 Å². The van der Waals surface area contributed by atoms with Gasteiger partial charge in [-0.25, -0.2) is 49.4 Å². The molecule has 9 rings (SSSR count). The van der Waals surface area contributed by atoms with Crippen molar-refractivity contribution >= 4 is 74.2 Å². The number of rotatable bonds is 18. The number of nitrogens with zero attached hydrogens (tertiary/aromatic N) is 11. The van der Waals surface area contributed by atoms with Crippen LogP contribution in [0.25, 0.3) is 89.7 Å². The van der Waals surface area contributed by atoms with E-state index in [-0.39, 0.29) is 97.3 Å². The Morgan fingerprint density at radius 1 is 0.408 bits per heavy atom. The van der Waals surface area contributed by atoms with E-state index in [2.05, 4.69) is 14.2 Å². The van der Waals surface area contributed by atoms with E-state index in [0.717, 1.165) is 0 Å². The van der Waals surface area contributed by atoms with Crippen LogP contribution in [0.15, 0.2) is 93.5 Å². The van der Waals surface area contributed by atoms with Gasteiger partial charge in [-0.2, -0.15) is 0 Å². The monoisotopic (exact) mass is 1070 g/mol. The van der Waals surface area contributed by atoms with Gasteiger partial charge in [0.25, 0.3) is 0 Å². The van der Waals surface area contributed by atoms with E-state index in [0.29, 0.717) is 82.7 Å². The fourth-order valence-electron chi connectivity index (χ4n) is 8.11. The van der Waals surface area contributed by atoms with E-state index in [9.17, 15) is 25.3 Å². The second-order valence-corrected chi connectivity index (χ2v) is 23.1. The summed E-state index contributed by atoms with van der Waals surface area (Å²) in [6.45, 7) is 2.71. The number of nitrogens with one attached hydrogen (secondary N) is 3. The third kappa shape index (κ3) is 11.1. The average molecular weight is 1070 g/mol. The Hall–Kier alpha value is -5.63. The molecule has 3 aromatic heterocycles. The van der Waals surface area contributed by atoms with Crippen LogP contribution in [0.2, 0.25) is 0 Å². The van der Waals surface area contributed by atoms with Gasteiger partial charge in [-0.15, -0.1) is 0 Å². The quantitative estimate of drug-likeness (QED) is 0.0816. The number of hydrogen-bond acceptors (Lipinski definition) is 15. The van der Waals surface area contributed by atoms with Gasteiger partial charge >= 0.3 is 17.1 Å². The van der Waals surface area contributed by atoms with Crippen LogP contribution in [0.3, 0.4) is 0 Å². The third-order valence-electron chi connectivity index (χ3n) is 11.7. The SMILES string of the molecule is CN(C)CCCNS(=O)(=O)c1ccc2c(c1)-c1nc-2nc2[n-]c(nc3nc(nc4[n-]c(n1)c1ccccc41)-c1ccc(S(=O)(=O)NCCCN(C)C)cc1-3)c1cc(S(=O)(=O)NCCCN(C)C)ccc21.[Cu+2]. The van der Waals surface area contributed by atoms with Crippen molar-refractivity contribution in [3.63, 3.8) is 0 Å². The number of sulfonamides is 3. The van der Waals surface area contributed by atoms with Crippen LogP contribution >= 0.6 is 0 Å². The molecule has 7 aromatic rings. The molecule has 5 heterocycles. The van der Waals surface area contributed by atoms with Gasteiger partial charge in [-0.3, -0.25) is 0 Å². The predicted molar refractivity (Wildman–Crippen MR) is 269 cm³/mol. The first-order chi connectivity index (χ1) is 33.4. The second-order valence-electron chi connectivity index (χ2n) is 17.8. The van der Waals surface area contributed by atoms with Gasteiger partial charge in [0.15, 0.2) is 0 Å². The van der Waals surface area contributed by atoms with Crippen molar-refractivity contribution in [3.8, 4) is 45.6 Å². The summed E-state index contributed by atoms with van der Waals surface area (Å²) in [5.41, 5.74) is 2.31. The zero-order valence-electron chi connectivity index (χ0n) is 39.8. The van der Waals surface area contributed by atoms with Crippen LogP contribution in [0.5, 0.6) is 0 Å². The van der Waals surface area contributed by atoms with Crippen molar-refractivity contribution in [2.45, 2.75) is 33.9 Å². The molecular weight excluding hydrogens is 1020 g/mol. The molecule has 3 N–H and O–H groups in total. The molecule has 8 bridgehead atoms. The fourth-order valence-corrected chi connectivity index (χ4v) is 11.4. The molecule has 0 saturated carbocycles. The van der Waals surface area contributed by atoms with Crippen molar-refractivity contribution in [2.75, 3.05) is 81.6 Å². The summed E-state index contributed by atoms with van der Waals surface area (Å²) in [5, 5.41) is 1.99. The molecule has 0 aliphatic carbocycles. The van der Waals surface area contributed by atoms with E-state index in [1.807, 2.05) is 81.3 Å². The van der Waals surface area contributed by atoms with Gasteiger partial charge < -0.3 is 44.6 Å². The summed E-state index contributed by atoms with van der Waals surface area (Å²) in [6, 6.07) is 21.1. The van der Waals surface area contributed by atoms with Gasteiger partial charge in [0, 0.05) is 64.5 Å². The van der Waals surface area contributed by atoms with E-state index in [1.165, 1.54) is 36.4 Å². The van der Waals surface area contributed by atoms with Crippen LogP contribution < -0.4 is 24.1 Å². The maximum absolute atomic E-state index is 13.8. The molecule has 20 nitrogen and oxygen atoms in total. The third-order valence-corrected chi connectivity index (χ3v) is 16.1. The second kappa shape index (κ2) is 20.8. The number of hydrogen-bond donors (Lipinski definition) is 3. The largest absolute Gasteiger partial charge is 2.00 e. The van der Waals surface area contributed by atoms with Crippen LogP contribution in [-0.2, 0) is 47.1 Å². The zero-order chi connectivity index (χ0) is 49.5. The van der Waals surface area contributed by atoms with Gasteiger partial charge in [0.05, 0.1) is 38.0 Å². The minimum atomic E-state index is -4.01. The maximum Gasteiger partial charge on any atom is 2.00 e. The van der Waals surface area contributed by atoms with Gasteiger partial charge in [-0.05, 0) is 139 Å². The summed E-state index contributed by atoms with van der Waals surface area (Å²) >= 11 is 0. The molecular formula is C47H52CuN14O6S3. The van der Waals surface area contributed by atoms with E-state index in [4.69, 9.17) is 39.9 Å². The smallest absolute Gasteiger partial charge is 0.357 e. The summed E-state index contributed by atoms with van der Waals surface area (Å²) < 4.78 is 90.4. The first-order valence-electron chi connectivity index (χ1n) is 22.5. The molecule has 0 saturated heterocycles. The summed E-state index contributed by atoms with van der Waals surface area (Å²) in [7, 11) is -0.480. The molecule has 2 aliphatic rings. The van der Waals surface area contributed by atoms with Crippen molar-refractivity contribution in [1.82, 2.24) is 68.7 Å². The molecule has 375 valence electrons. The number of fused-ring (bicyclic) bond motifs is 20. The Morgan fingerprint density at radius 2 is 0.732 bits per heavy atom. The molecule has 2 aliphatic heterocycles. The fraction of sp³-hybridized carbons (Fsp3) is 0.319. The Labute approximate surface area is 422 Å². The summed E-state index contributed by atoms with van der Waals surface area (Å²) in [6.07, 6.45) is 1.77. The minimum absolute atomic E-state index is 0. The minimum Gasteiger partial charge on any atom is -0.357 e. The van der Waals surface area contributed by atoms with Gasteiger partial charge in [-0.1, -0.05) is 42.5 Å². The van der Waals surface area contributed by atoms with E-state index in [1.54, 1.807) is 18.2 Å². The Morgan fingerprint density at radius 3 is 1.11 bits per heavy atom. The van der Waals surface area contributed by atoms with Crippen LogP contribution in [0.1, 0.15) is 19.3 Å². The van der Waals surface area contributed by atoms with Crippen molar-refractivity contribution in [3.05, 3.63) is 78.9 Å². The molecule has 0 atom stereocenters. The molecule has 0 amide bonds. The molecule has 1 radical (unpaired) electrons. The van der Waals surface area contributed by atoms with Crippen LogP contribution in [0, 0.1) is 0 Å². The van der Waals surface area contributed by atoms with Gasteiger partial charge in [0.1, 0.15) is 0 Å². The Balaban J connectivity index is 0.00000676. The predicted octanol–water partition coefficient (Wildman–Crippen LogP) is 3.81. The molecule has 71 heavy (non-hydrogen) atoms. The van der Waals surface area contributed by atoms with E-state index >= 15 is 0 Å². The molecule has 0 unspecified atom stereocenters. The molecule has 0 spiro atoms. The number of aromatic nitrogens is 8. The maximum atomic E-state index is 13.8. The normalized spacial score (nSPS) is 12.8. The van der Waals surface area contributed by atoms with Crippen molar-refractivity contribution < 1.29 is 42.3 Å². The van der Waals surface area contributed by atoms with Gasteiger partial charge in [0.2, 0.25) is 30.1 Å². The standard InChI is InChI=1S/C47H52N14O6S3.Cu/c1-59(2)23-9-20-48-68(62,63)29-14-17-34-37(26-29)45-54-41-33-13-8-7-12-32(33)40(51-41)52-42-35-18-15-30(69(64,65)49-21-10-24-60(3)4)27-38(35)46(56-42)58-47-39-28-31(70(66,67)50-22-11-25-61(5)6)16-19-36(39)44(57-47)53-43(34)55-45;/h7-8,12-19,26-28,48-50H,9-11,20-25H2,1-6H3;/q-2;+2. The average Bonchev–Trinajstić information content (AvgIpc) is 4.05. The van der Waals surface area contributed by atoms with Crippen molar-refractivity contribution in [1.29, 1.82) is 0 Å². The Kier molecular flexibility index (Phi) is 15.2. The summed E-state index contributed by atoms with van der Waals surface area (Å²) in [5.74, 6) is 0.534. The Bertz CT molecular complexity index is 3690. The van der Waals surface area contributed by atoms with Crippen molar-refractivity contribution in [2.24, 2.45) is 0 Å². The molecule has 4 aromatic carbocycles. The van der Waals surface area contributed by atoms with E-state index < -0.39 is 30.1 Å². The number of benzene rings is 4. The molecule has 24 heteroatoms. The van der Waals surface area contributed by atoms with Crippen LogP contribution in [-0.4, -0.2) is 151 Å². The summed E-state index contributed by atoms with van der Waals surface area (Å²) in [4.78, 5) is 45.1. The molecule has 0 fully saturated rings. The first-order valence-corrected chi connectivity index (χ1v) is 27.0. The first kappa shape index (κ1) is 51.7. The topological polar surface area (TPSA) is 254 Å². The zero-order valence-corrected chi connectivity index (χ0v) is 43.2.